The molecule has 0 heterocycles. The number of nitrogens with one attached hydrogen (secondary N) is 1. The molecule has 0 radical (unpaired) electrons. The van der Waals surface area contributed by atoms with Gasteiger partial charge in [0, 0.05) is 22.2 Å². The maximum atomic E-state index is 13.3. The van der Waals surface area contributed by atoms with Gasteiger partial charge >= 0.3 is 0 Å². The third kappa shape index (κ3) is 4.14. The molecule has 0 bridgehead atoms. The van der Waals surface area contributed by atoms with Crippen LogP contribution in [-0.2, 0) is 9.59 Å². The molecule has 1 amide bonds. The standard InChI is InChI=1S/C25H35NO2/c1-22(2,3)18-15-25(9,16-19(20(18)27)23(4,5)6)24(7,8)21(28)26-17-13-11-10-12-14-17/h10-16H,1-9H3,(H,26,28). The quantitative estimate of drug-likeness (QED) is 0.679. The molecule has 0 aromatic heterocycles. The summed E-state index contributed by atoms with van der Waals surface area (Å²) in [6.45, 7) is 18.3. The van der Waals surface area contributed by atoms with Crippen molar-refractivity contribution in [1.82, 2.24) is 0 Å². The maximum absolute atomic E-state index is 13.3. The van der Waals surface area contributed by atoms with Crippen molar-refractivity contribution in [2.75, 3.05) is 5.32 Å². The van der Waals surface area contributed by atoms with Crippen LogP contribution in [0.2, 0.25) is 0 Å². The maximum Gasteiger partial charge on any atom is 0.231 e. The molecular formula is C25H35NO2. The van der Waals surface area contributed by atoms with Gasteiger partial charge in [0.15, 0.2) is 5.78 Å². The van der Waals surface area contributed by atoms with Gasteiger partial charge in [0.25, 0.3) is 0 Å². The molecule has 0 fully saturated rings. The molecule has 0 saturated heterocycles. The first-order valence-corrected chi connectivity index (χ1v) is 9.97. The van der Waals surface area contributed by atoms with Gasteiger partial charge in [-0.15, -0.1) is 0 Å². The zero-order valence-electron chi connectivity index (χ0n) is 18.9. The van der Waals surface area contributed by atoms with Crippen molar-refractivity contribution in [3.63, 3.8) is 0 Å². The minimum atomic E-state index is -0.753. The van der Waals surface area contributed by atoms with Gasteiger partial charge in [0.2, 0.25) is 5.91 Å². The van der Waals surface area contributed by atoms with Crippen molar-refractivity contribution in [2.24, 2.45) is 21.7 Å². The smallest absolute Gasteiger partial charge is 0.231 e. The van der Waals surface area contributed by atoms with Gasteiger partial charge in [-0.2, -0.15) is 0 Å². The van der Waals surface area contributed by atoms with E-state index in [0.29, 0.717) is 0 Å². The third-order valence-corrected chi connectivity index (χ3v) is 5.94. The van der Waals surface area contributed by atoms with Crippen molar-refractivity contribution in [2.45, 2.75) is 62.3 Å². The number of ketones is 1. The fourth-order valence-corrected chi connectivity index (χ4v) is 3.45. The molecule has 2 rings (SSSR count). The number of hydrogen-bond acceptors (Lipinski definition) is 2. The Morgan fingerprint density at radius 1 is 0.821 bits per heavy atom. The SMILES string of the molecule is CC(C)(C)C1=CC(C)(C(C)(C)C(=O)Nc2ccccc2)C=C(C(C)(C)C)C1=O. The Kier molecular flexibility index (Phi) is 5.55. The number of amides is 1. The van der Waals surface area contributed by atoms with E-state index in [1.165, 1.54) is 0 Å². The van der Waals surface area contributed by atoms with Crippen molar-refractivity contribution in [1.29, 1.82) is 0 Å². The minimum absolute atomic E-state index is 0.0652. The van der Waals surface area contributed by atoms with Crippen molar-refractivity contribution >= 4 is 17.4 Å². The van der Waals surface area contributed by atoms with Crippen LogP contribution in [0.1, 0.15) is 62.3 Å². The Hall–Kier alpha value is -2.16. The summed E-state index contributed by atoms with van der Waals surface area (Å²) in [5.74, 6) is 0.0290. The Labute approximate surface area is 170 Å². The molecule has 1 aliphatic carbocycles. The van der Waals surface area contributed by atoms with Crippen LogP contribution in [0.15, 0.2) is 53.6 Å². The molecule has 1 aromatic rings. The van der Waals surface area contributed by atoms with Crippen molar-refractivity contribution in [3.05, 3.63) is 53.6 Å². The molecule has 0 aliphatic heterocycles. The second-order valence-corrected chi connectivity index (χ2v) is 10.7. The Morgan fingerprint density at radius 3 is 1.64 bits per heavy atom. The van der Waals surface area contributed by atoms with Crippen LogP contribution in [0, 0.1) is 21.7 Å². The average molecular weight is 382 g/mol. The van der Waals surface area contributed by atoms with Crippen LogP contribution < -0.4 is 5.32 Å². The van der Waals surface area contributed by atoms with Crippen LogP contribution in [0.5, 0.6) is 0 Å². The molecule has 1 aromatic carbocycles. The Balaban J connectivity index is 2.57. The minimum Gasteiger partial charge on any atom is -0.326 e. The number of para-hydroxylation sites is 1. The summed E-state index contributed by atoms with van der Waals surface area (Å²) >= 11 is 0. The highest BCUT2D eigenvalue weighted by molar-refractivity contribution is 6.11. The van der Waals surface area contributed by atoms with E-state index < -0.39 is 10.8 Å². The fraction of sp³-hybridized carbons (Fsp3) is 0.520. The molecule has 3 heteroatoms. The van der Waals surface area contributed by atoms with Gasteiger partial charge in [-0.25, -0.2) is 0 Å². The zero-order chi connectivity index (χ0) is 21.5. The summed E-state index contributed by atoms with van der Waals surface area (Å²) in [4.78, 5) is 26.5. The molecule has 0 unspecified atom stereocenters. The highest BCUT2D eigenvalue weighted by Gasteiger charge is 2.49. The van der Waals surface area contributed by atoms with E-state index in [9.17, 15) is 9.59 Å². The number of hydrogen-bond donors (Lipinski definition) is 1. The topological polar surface area (TPSA) is 46.2 Å². The van der Waals surface area contributed by atoms with Crippen molar-refractivity contribution < 1.29 is 9.59 Å². The fourth-order valence-electron chi connectivity index (χ4n) is 3.45. The van der Waals surface area contributed by atoms with E-state index in [2.05, 4.69) is 53.8 Å². The monoisotopic (exact) mass is 381 g/mol. The van der Waals surface area contributed by atoms with E-state index in [0.717, 1.165) is 16.8 Å². The van der Waals surface area contributed by atoms with Gasteiger partial charge in [-0.3, -0.25) is 9.59 Å². The van der Waals surface area contributed by atoms with Gasteiger partial charge in [0.05, 0.1) is 5.41 Å². The number of rotatable bonds is 3. The Bertz CT molecular complexity index is 794. The van der Waals surface area contributed by atoms with Gasteiger partial charge in [0.1, 0.15) is 0 Å². The van der Waals surface area contributed by atoms with Crippen LogP contribution in [0.25, 0.3) is 0 Å². The Morgan fingerprint density at radius 2 is 1.25 bits per heavy atom. The van der Waals surface area contributed by atoms with E-state index in [1.54, 1.807) is 0 Å². The number of carbonyl (C=O) groups excluding carboxylic acids is 2. The molecule has 0 saturated carbocycles. The second-order valence-electron chi connectivity index (χ2n) is 10.7. The van der Waals surface area contributed by atoms with E-state index in [-0.39, 0.29) is 22.5 Å². The molecule has 0 spiro atoms. The average Bonchev–Trinajstić information content (AvgIpc) is 2.55. The molecule has 0 atom stereocenters. The molecule has 152 valence electrons. The molecule has 1 N–H and O–H groups in total. The van der Waals surface area contributed by atoms with Crippen LogP contribution in [0.3, 0.4) is 0 Å². The van der Waals surface area contributed by atoms with E-state index >= 15 is 0 Å². The first-order valence-electron chi connectivity index (χ1n) is 9.97. The predicted octanol–water partition coefficient (Wildman–Crippen LogP) is 6.19. The lowest BCUT2D eigenvalue weighted by molar-refractivity contribution is -0.127. The summed E-state index contributed by atoms with van der Waals surface area (Å²) in [6, 6.07) is 9.49. The van der Waals surface area contributed by atoms with E-state index in [4.69, 9.17) is 0 Å². The largest absolute Gasteiger partial charge is 0.326 e. The van der Waals surface area contributed by atoms with E-state index in [1.807, 2.05) is 56.3 Å². The molecule has 1 aliphatic rings. The normalized spacial score (nSPS) is 17.7. The second kappa shape index (κ2) is 7.02. The predicted molar refractivity (Wildman–Crippen MR) is 117 cm³/mol. The van der Waals surface area contributed by atoms with Gasteiger partial charge < -0.3 is 5.32 Å². The van der Waals surface area contributed by atoms with Crippen LogP contribution in [-0.4, -0.2) is 11.7 Å². The first-order chi connectivity index (χ1) is 12.6. The summed E-state index contributed by atoms with van der Waals surface area (Å²) < 4.78 is 0. The van der Waals surface area contributed by atoms with Crippen molar-refractivity contribution in [3.8, 4) is 0 Å². The van der Waals surface area contributed by atoms with Gasteiger partial charge in [-0.1, -0.05) is 78.8 Å². The summed E-state index contributed by atoms with van der Waals surface area (Å²) in [5.41, 5.74) is 0.397. The molecule has 3 nitrogen and oxygen atoms in total. The lowest BCUT2D eigenvalue weighted by Gasteiger charge is -2.45. The number of benzene rings is 1. The number of carbonyl (C=O) groups is 2. The lowest BCUT2D eigenvalue weighted by atomic mass is 9.58. The lowest BCUT2D eigenvalue weighted by Crippen LogP contribution is -2.46. The van der Waals surface area contributed by atoms with Gasteiger partial charge in [-0.05, 0) is 36.8 Å². The number of Topliss-reactive ketones (excluding diaryl/α,β-unsaturated/α-hetero) is 1. The number of allylic oxidation sites excluding steroid dienone is 4. The first kappa shape index (κ1) is 22.1. The zero-order valence-corrected chi connectivity index (χ0v) is 18.9. The summed E-state index contributed by atoms with van der Waals surface area (Å²) in [7, 11) is 0. The highest BCUT2D eigenvalue weighted by Crippen LogP contribution is 2.50. The molecule has 28 heavy (non-hydrogen) atoms. The third-order valence-electron chi connectivity index (χ3n) is 5.94. The number of anilines is 1. The molecular weight excluding hydrogens is 346 g/mol. The summed E-state index contributed by atoms with van der Waals surface area (Å²) in [6.07, 6.45) is 4.05. The highest BCUT2D eigenvalue weighted by atomic mass is 16.2. The van der Waals surface area contributed by atoms with Crippen LogP contribution >= 0.6 is 0 Å². The van der Waals surface area contributed by atoms with Crippen LogP contribution in [0.4, 0.5) is 5.69 Å². The summed E-state index contributed by atoms with van der Waals surface area (Å²) in [5, 5.41) is 3.04.